The van der Waals surface area contributed by atoms with Gasteiger partial charge in [-0.2, -0.15) is 5.26 Å². The summed E-state index contributed by atoms with van der Waals surface area (Å²) in [5.74, 6) is -0.457. The second-order valence-corrected chi connectivity index (χ2v) is 10.6. The smallest absolute Gasteiger partial charge is 0.309 e. The van der Waals surface area contributed by atoms with Crippen molar-refractivity contribution in [1.82, 2.24) is 0 Å². The van der Waals surface area contributed by atoms with Crippen molar-refractivity contribution in [3.8, 4) is 6.07 Å². The number of carbonyl (C=O) groups excluding carboxylic acids is 1. The van der Waals surface area contributed by atoms with Crippen molar-refractivity contribution in [2.75, 3.05) is 19.6 Å². The second-order valence-electron chi connectivity index (χ2n) is 6.67. The molecule has 5 heteroatoms. The highest BCUT2D eigenvalue weighted by atomic mass is 32.3. The molecule has 0 radical (unpaired) electrons. The maximum atomic E-state index is 11.8. The standard InChI is InChI=1S/C15H29NO3S/c1-11(2)13(14(17)18-6)9-12(10-16)19-20(7,8)15(3,4)5/h11-13H,9H2,1-8H3/t12-,13?/m0/s1. The fourth-order valence-electron chi connectivity index (χ4n) is 1.57. The summed E-state index contributed by atoms with van der Waals surface area (Å²) in [7, 11) is -0.00815. The summed E-state index contributed by atoms with van der Waals surface area (Å²) in [6, 6.07) is 2.19. The Balaban J connectivity index is 4.95. The quantitative estimate of drug-likeness (QED) is 0.705. The highest BCUT2D eigenvalue weighted by molar-refractivity contribution is 8.29. The molecule has 0 N–H and O–H groups in total. The summed E-state index contributed by atoms with van der Waals surface area (Å²) < 4.78 is 10.8. The third kappa shape index (κ3) is 5.34. The summed E-state index contributed by atoms with van der Waals surface area (Å²) in [6.45, 7) is 10.2. The molecule has 118 valence electrons. The summed E-state index contributed by atoms with van der Waals surface area (Å²) in [5.41, 5.74) is 0. The summed E-state index contributed by atoms with van der Waals surface area (Å²) >= 11 is 0. The van der Waals surface area contributed by atoms with Crippen molar-refractivity contribution < 1.29 is 13.7 Å². The molecule has 0 rings (SSSR count). The van der Waals surface area contributed by atoms with Gasteiger partial charge in [0.1, 0.15) is 0 Å². The monoisotopic (exact) mass is 303 g/mol. The zero-order valence-corrected chi connectivity index (χ0v) is 14.8. The van der Waals surface area contributed by atoms with E-state index in [9.17, 15) is 10.1 Å². The summed E-state index contributed by atoms with van der Waals surface area (Å²) in [4.78, 5) is 11.8. The predicted octanol–water partition coefficient (Wildman–Crippen LogP) is 3.51. The normalized spacial score (nSPS) is 16.4. The van der Waals surface area contributed by atoms with Gasteiger partial charge in [-0.05, 0) is 18.4 Å². The van der Waals surface area contributed by atoms with Crippen LogP contribution in [0.5, 0.6) is 0 Å². The van der Waals surface area contributed by atoms with Crippen LogP contribution in [0.2, 0.25) is 0 Å². The van der Waals surface area contributed by atoms with Gasteiger partial charge in [0.2, 0.25) is 0 Å². The maximum absolute atomic E-state index is 11.8. The SMILES string of the molecule is COC(=O)C(C[C@@H](C#N)OS(C)(C)C(C)(C)C)C(C)C. The van der Waals surface area contributed by atoms with Crippen LogP contribution < -0.4 is 0 Å². The molecule has 0 heterocycles. The van der Waals surface area contributed by atoms with Crippen molar-refractivity contribution in [3.05, 3.63) is 0 Å². The van der Waals surface area contributed by atoms with Crippen molar-refractivity contribution in [1.29, 1.82) is 5.26 Å². The van der Waals surface area contributed by atoms with Crippen molar-refractivity contribution >= 4 is 16.3 Å². The minimum Gasteiger partial charge on any atom is -0.469 e. The number of nitriles is 1. The molecule has 2 atom stereocenters. The Morgan fingerprint density at radius 1 is 1.30 bits per heavy atom. The van der Waals surface area contributed by atoms with Gasteiger partial charge in [-0.25, -0.2) is 0 Å². The van der Waals surface area contributed by atoms with E-state index in [0.29, 0.717) is 6.42 Å². The van der Waals surface area contributed by atoms with E-state index >= 15 is 0 Å². The fraction of sp³-hybridized carbons (Fsp3) is 0.867. The number of hydrogen-bond acceptors (Lipinski definition) is 4. The summed E-state index contributed by atoms with van der Waals surface area (Å²) in [5, 5.41) is 9.33. The first kappa shape index (κ1) is 19.3. The van der Waals surface area contributed by atoms with Crippen LogP contribution in [0.3, 0.4) is 0 Å². The molecule has 0 aliphatic carbocycles. The second kappa shape index (κ2) is 7.33. The molecule has 4 nitrogen and oxygen atoms in total. The van der Waals surface area contributed by atoms with Gasteiger partial charge < -0.3 is 8.92 Å². The highest BCUT2D eigenvalue weighted by Crippen LogP contribution is 2.55. The van der Waals surface area contributed by atoms with E-state index in [-0.39, 0.29) is 22.6 Å². The Kier molecular flexibility index (Phi) is 7.06. The van der Waals surface area contributed by atoms with Gasteiger partial charge in [0.15, 0.2) is 6.10 Å². The molecular weight excluding hydrogens is 274 g/mol. The van der Waals surface area contributed by atoms with E-state index < -0.39 is 16.4 Å². The van der Waals surface area contributed by atoms with E-state index in [1.807, 2.05) is 13.8 Å². The molecule has 0 fully saturated rings. The van der Waals surface area contributed by atoms with Crippen LogP contribution in [0.1, 0.15) is 41.0 Å². The minimum atomic E-state index is -1.39. The molecule has 0 aliphatic heterocycles. The first-order chi connectivity index (χ1) is 8.96. The zero-order chi connectivity index (χ0) is 16.1. The van der Waals surface area contributed by atoms with E-state index in [0.717, 1.165) is 0 Å². The molecule has 0 bridgehead atoms. The zero-order valence-electron chi connectivity index (χ0n) is 14.0. The minimum absolute atomic E-state index is 0.0132. The van der Waals surface area contributed by atoms with E-state index in [2.05, 4.69) is 39.4 Å². The molecule has 20 heavy (non-hydrogen) atoms. The highest BCUT2D eigenvalue weighted by Gasteiger charge is 2.34. The van der Waals surface area contributed by atoms with Crippen LogP contribution in [-0.4, -0.2) is 36.4 Å². The first-order valence-corrected chi connectivity index (χ1v) is 9.22. The molecule has 0 saturated carbocycles. The van der Waals surface area contributed by atoms with E-state index in [1.54, 1.807) is 0 Å². The Morgan fingerprint density at radius 3 is 2.10 bits per heavy atom. The number of carbonyl (C=O) groups is 1. The van der Waals surface area contributed by atoms with Crippen LogP contribution in [0.15, 0.2) is 0 Å². The number of methoxy groups -OCH3 is 1. The van der Waals surface area contributed by atoms with Crippen LogP contribution in [0.4, 0.5) is 0 Å². The van der Waals surface area contributed by atoms with Crippen molar-refractivity contribution in [2.24, 2.45) is 11.8 Å². The molecule has 0 spiro atoms. The molecule has 1 unspecified atom stereocenters. The Morgan fingerprint density at radius 2 is 1.80 bits per heavy atom. The van der Waals surface area contributed by atoms with Crippen LogP contribution >= 0.6 is 10.3 Å². The largest absolute Gasteiger partial charge is 0.469 e. The average Bonchev–Trinajstić information content (AvgIpc) is 2.31. The topological polar surface area (TPSA) is 59.3 Å². The predicted molar refractivity (Wildman–Crippen MR) is 84.6 cm³/mol. The molecule has 0 saturated heterocycles. The maximum Gasteiger partial charge on any atom is 0.309 e. The Hall–Kier alpha value is -0.730. The van der Waals surface area contributed by atoms with Crippen molar-refractivity contribution in [2.45, 2.75) is 51.9 Å². The lowest BCUT2D eigenvalue weighted by molar-refractivity contribution is -0.147. The van der Waals surface area contributed by atoms with Gasteiger partial charge in [0.05, 0.1) is 19.1 Å². The number of rotatable bonds is 6. The fourth-order valence-corrected chi connectivity index (χ4v) is 2.56. The lowest BCUT2D eigenvalue weighted by Gasteiger charge is -2.45. The van der Waals surface area contributed by atoms with Gasteiger partial charge in [0.25, 0.3) is 0 Å². The lowest BCUT2D eigenvalue weighted by Crippen LogP contribution is -2.32. The van der Waals surface area contributed by atoms with Crippen LogP contribution in [0.25, 0.3) is 0 Å². The number of esters is 1. The molecule has 0 aromatic heterocycles. The molecular formula is C15H29NO3S. The lowest BCUT2D eigenvalue weighted by atomic mass is 9.90. The Labute approximate surface area is 125 Å². The number of nitrogens with zero attached hydrogens (tertiary/aromatic N) is 1. The summed E-state index contributed by atoms with van der Waals surface area (Å²) in [6.07, 6.45) is 3.92. The van der Waals surface area contributed by atoms with Crippen molar-refractivity contribution in [3.63, 3.8) is 0 Å². The number of hydrogen-bond donors (Lipinski definition) is 0. The van der Waals surface area contributed by atoms with Gasteiger partial charge >= 0.3 is 5.97 Å². The van der Waals surface area contributed by atoms with Crippen LogP contribution in [0, 0.1) is 23.2 Å². The molecule has 0 aromatic carbocycles. The average molecular weight is 303 g/mol. The van der Waals surface area contributed by atoms with Gasteiger partial charge in [-0.15, -0.1) is 10.3 Å². The third-order valence-corrected chi connectivity index (χ3v) is 7.42. The van der Waals surface area contributed by atoms with Gasteiger partial charge in [0, 0.05) is 11.2 Å². The first-order valence-electron chi connectivity index (χ1n) is 6.84. The van der Waals surface area contributed by atoms with E-state index in [4.69, 9.17) is 8.92 Å². The van der Waals surface area contributed by atoms with Crippen LogP contribution in [-0.2, 0) is 13.7 Å². The third-order valence-electron chi connectivity index (χ3n) is 3.75. The molecule has 0 aromatic rings. The van der Waals surface area contributed by atoms with Gasteiger partial charge in [-0.3, -0.25) is 4.79 Å². The molecule has 0 amide bonds. The van der Waals surface area contributed by atoms with Gasteiger partial charge in [-0.1, -0.05) is 34.6 Å². The Bertz CT molecular complexity index is 366. The number of ether oxygens (including phenoxy) is 1. The molecule has 0 aliphatic rings. The van der Waals surface area contributed by atoms with E-state index in [1.165, 1.54) is 7.11 Å².